The minimum absolute atomic E-state index is 0. The van der Waals surface area contributed by atoms with Gasteiger partial charge in [-0.2, -0.15) is 0 Å². The number of hydrogen-bond acceptors (Lipinski definition) is 1. The summed E-state index contributed by atoms with van der Waals surface area (Å²) in [7, 11) is 4.21. The Labute approximate surface area is 85.4 Å². The molecule has 0 saturated carbocycles. The van der Waals surface area contributed by atoms with Crippen LogP contribution in [-0.2, 0) is 17.1 Å². The summed E-state index contributed by atoms with van der Waals surface area (Å²) in [5, 5.41) is 0. The summed E-state index contributed by atoms with van der Waals surface area (Å²) in [6.45, 7) is 0. The molecular formula is H6CuGaInSSe. The Kier molecular flexibility index (Phi) is 147. The molecule has 5 heteroatoms. The number of rotatable bonds is 0. The molecule has 35 valence electrons. The van der Waals surface area contributed by atoms with Gasteiger partial charge in [-0.3, -0.25) is 0 Å². The second-order valence-electron chi connectivity index (χ2n) is 0. The molecule has 0 unspecified atom stereocenters. The zero-order valence-corrected chi connectivity index (χ0v) is 8.74. The molecular weight excluding hydrogens is 359 g/mol. The summed E-state index contributed by atoms with van der Waals surface area (Å²) in [4.78, 5) is 0. The zero-order chi connectivity index (χ0) is 2.00. The standard InChI is InChI=1S/Cu.Ga.In.S.H2Se.4H/h;;;;1H2;;;;. The van der Waals surface area contributed by atoms with Gasteiger partial charge in [-0.25, -0.2) is 0 Å². The monoisotopic (exact) mass is 365 g/mol. The molecule has 0 spiro atoms. The van der Waals surface area contributed by atoms with Gasteiger partial charge in [0.1, 0.15) is 0 Å². The van der Waals surface area contributed by atoms with Gasteiger partial charge in [-0.15, -0.1) is 0 Å². The van der Waals surface area contributed by atoms with Crippen LogP contribution in [0.5, 0.6) is 0 Å². The van der Waals surface area contributed by atoms with Gasteiger partial charge in [0.15, 0.2) is 0 Å². The Balaban J connectivity index is -0.00000000167. The van der Waals surface area contributed by atoms with E-state index in [-0.39, 0.29) is 60.0 Å². The van der Waals surface area contributed by atoms with E-state index in [2.05, 4.69) is 10.1 Å². The molecule has 0 aromatic carbocycles. The topological polar surface area (TPSA) is 0 Å². The van der Waals surface area contributed by atoms with Crippen LogP contribution in [0.1, 0.15) is 0 Å². The van der Waals surface area contributed by atoms with Crippen molar-refractivity contribution in [3.8, 4) is 0 Å². The SMILES string of the molecule is [Cu].[InH3].[S]=[GaH].[SeH2]. The number of hydrogen-bond donors (Lipinski definition) is 0. The van der Waals surface area contributed by atoms with Crippen molar-refractivity contribution in [1.82, 2.24) is 0 Å². The molecule has 0 aliphatic rings. The Hall–Kier alpha value is 2.77. The van der Waals surface area contributed by atoms with Crippen molar-refractivity contribution in [3.63, 3.8) is 0 Å². The van der Waals surface area contributed by atoms with Crippen molar-refractivity contribution in [2.24, 2.45) is 0 Å². The molecule has 5 heavy (non-hydrogen) atoms. The molecule has 0 bridgehead atoms. The molecule has 0 aliphatic carbocycles. The maximum absolute atomic E-state index is 4.21. The minimum atomic E-state index is 0. The van der Waals surface area contributed by atoms with Crippen molar-refractivity contribution >= 4 is 69.8 Å². The summed E-state index contributed by atoms with van der Waals surface area (Å²) < 4.78 is 0. The normalized spacial score (nSPS) is 0.600. The molecule has 0 fully saturated rings. The van der Waals surface area contributed by atoms with E-state index < -0.39 is 0 Å². The Morgan fingerprint density at radius 1 is 1.20 bits per heavy atom. The summed E-state index contributed by atoms with van der Waals surface area (Å²) in [6.07, 6.45) is 0. The van der Waals surface area contributed by atoms with E-state index in [1.165, 1.54) is 0 Å². The van der Waals surface area contributed by atoms with Gasteiger partial charge in [0.25, 0.3) is 0 Å². The molecule has 0 rings (SSSR count). The zero-order valence-electron chi connectivity index (χ0n) is 1.92. The molecule has 0 nitrogen and oxygen atoms in total. The van der Waals surface area contributed by atoms with E-state index in [1.54, 1.807) is 0 Å². The molecule has 0 aliphatic heterocycles. The summed E-state index contributed by atoms with van der Waals surface area (Å²) in [5.74, 6) is 0. The van der Waals surface area contributed by atoms with Crippen LogP contribution >= 0.6 is 10.1 Å². The van der Waals surface area contributed by atoms with Crippen molar-refractivity contribution in [2.45, 2.75) is 0 Å². The first kappa shape index (κ1) is 25.1. The third-order valence-electron chi connectivity index (χ3n) is 0. The van der Waals surface area contributed by atoms with Crippen LogP contribution in [-0.4, -0.2) is 59.8 Å². The van der Waals surface area contributed by atoms with E-state index in [9.17, 15) is 0 Å². The van der Waals surface area contributed by atoms with E-state index >= 15 is 0 Å². The predicted molar refractivity (Wildman–Crippen MR) is 33.2 cm³/mol. The second kappa shape index (κ2) is 29.4. The van der Waals surface area contributed by atoms with E-state index in [0.29, 0.717) is 0 Å². The first-order chi connectivity index (χ1) is 1.00. The van der Waals surface area contributed by atoms with Crippen LogP contribution in [0.4, 0.5) is 0 Å². The van der Waals surface area contributed by atoms with Crippen LogP contribution < -0.4 is 0 Å². The fraction of sp³-hybridized carbons (Fsp3) is 0. The fourth-order valence-electron chi connectivity index (χ4n) is 0. The van der Waals surface area contributed by atoms with Crippen LogP contribution in [0.25, 0.3) is 0 Å². The van der Waals surface area contributed by atoms with Gasteiger partial charge in [-0.1, -0.05) is 0 Å². The van der Waals surface area contributed by atoms with E-state index in [0.717, 1.165) is 16.8 Å². The van der Waals surface area contributed by atoms with Crippen molar-refractivity contribution in [1.29, 1.82) is 0 Å². The fourth-order valence-corrected chi connectivity index (χ4v) is 0. The Morgan fingerprint density at radius 3 is 1.20 bits per heavy atom. The van der Waals surface area contributed by atoms with Crippen LogP contribution in [0.2, 0.25) is 0 Å². The average molecular weight is 365 g/mol. The van der Waals surface area contributed by atoms with Crippen molar-refractivity contribution in [2.75, 3.05) is 0 Å². The van der Waals surface area contributed by atoms with Crippen LogP contribution in [0, 0.1) is 0 Å². The molecule has 0 amide bonds. The predicted octanol–water partition coefficient (Wildman–Crippen LogP) is -2.10. The van der Waals surface area contributed by atoms with Gasteiger partial charge in [-0.05, 0) is 0 Å². The molecule has 0 aromatic heterocycles. The van der Waals surface area contributed by atoms with E-state index in [1.807, 2.05) is 0 Å². The Morgan fingerprint density at radius 2 is 1.20 bits per heavy atom. The molecule has 0 heterocycles. The van der Waals surface area contributed by atoms with E-state index in [4.69, 9.17) is 0 Å². The third-order valence-corrected chi connectivity index (χ3v) is 0. The van der Waals surface area contributed by atoms with Gasteiger partial charge in [0.05, 0.1) is 0 Å². The van der Waals surface area contributed by atoms with Crippen LogP contribution in [0.15, 0.2) is 0 Å². The quantitative estimate of drug-likeness (QED) is 0.444. The van der Waals surface area contributed by atoms with Gasteiger partial charge < -0.3 is 0 Å². The Bertz CT molecular complexity index is 11.6. The van der Waals surface area contributed by atoms with Gasteiger partial charge >= 0.3 is 69.8 Å². The molecule has 0 aromatic rings. The van der Waals surface area contributed by atoms with Gasteiger partial charge in [0, 0.05) is 17.1 Å². The van der Waals surface area contributed by atoms with Crippen LogP contribution in [0.3, 0.4) is 0 Å². The second-order valence-corrected chi connectivity index (χ2v) is 0. The summed E-state index contributed by atoms with van der Waals surface area (Å²) in [5.41, 5.74) is 0. The molecule has 0 saturated heterocycles. The van der Waals surface area contributed by atoms with Crippen molar-refractivity contribution < 1.29 is 17.1 Å². The average Bonchev–Trinajstić information content (AvgIpc) is 1.00. The van der Waals surface area contributed by atoms with Crippen molar-refractivity contribution in [3.05, 3.63) is 0 Å². The maximum atomic E-state index is 4.21. The third kappa shape index (κ3) is 20.1. The molecule has 1 radical (unpaired) electrons. The first-order valence-electron chi connectivity index (χ1n) is 0.289. The molecule has 0 N–H and O–H groups in total. The summed E-state index contributed by atoms with van der Waals surface area (Å²) in [6, 6.07) is 0. The summed E-state index contributed by atoms with van der Waals surface area (Å²) >= 11 is 0.958. The first-order valence-corrected chi connectivity index (χ1v) is 4.50. The molecule has 0 atom stereocenters. The van der Waals surface area contributed by atoms with Gasteiger partial charge in [0.2, 0.25) is 0 Å².